The summed E-state index contributed by atoms with van der Waals surface area (Å²) in [5.74, 6) is 0.127. The number of aromatic nitrogens is 2. The molecule has 14 heavy (non-hydrogen) atoms. The largest absolute Gasteiger partial charge is 0.383 e. The molecule has 3 nitrogen and oxygen atoms in total. The SMILES string of the molecule is Cc1ncc(-c2nc(N)cs2)cc1F. The van der Waals surface area contributed by atoms with E-state index >= 15 is 0 Å². The summed E-state index contributed by atoms with van der Waals surface area (Å²) in [6.07, 6.45) is 1.59. The van der Waals surface area contributed by atoms with Crippen molar-refractivity contribution in [2.45, 2.75) is 6.92 Å². The van der Waals surface area contributed by atoms with E-state index in [-0.39, 0.29) is 5.82 Å². The average Bonchev–Trinajstić information content (AvgIpc) is 2.57. The summed E-state index contributed by atoms with van der Waals surface area (Å²) < 4.78 is 13.2. The van der Waals surface area contributed by atoms with Gasteiger partial charge in [-0.05, 0) is 13.0 Å². The molecule has 0 aromatic carbocycles. The van der Waals surface area contributed by atoms with E-state index < -0.39 is 0 Å². The number of nitrogen functional groups attached to an aromatic ring is 1. The Morgan fingerprint density at radius 1 is 1.50 bits per heavy atom. The maximum absolute atomic E-state index is 13.2. The maximum atomic E-state index is 13.2. The van der Waals surface area contributed by atoms with Gasteiger partial charge in [-0.25, -0.2) is 9.37 Å². The van der Waals surface area contributed by atoms with Gasteiger partial charge in [0.05, 0.1) is 5.69 Å². The fraction of sp³-hybridized carbons (Fsp3) is 0.111. The third kappa shape index (κ3) is 1.58. The highest BCUT2D eigenvalue weighted by Gasteiger charge is 2.06. The van der Waals surface area contributed by atoms with E-state index in [1.165, 1.54) is 17.4 Å². The predicted molar refractivity (Wildman–Crippen MR) is 54.5 cm³/mol. The summed E-state index contributed by atoms with van der Waals surface area (Å²) in [7, 11) is 0. The Kier molecular flexibility index (Phi) is 2.17. The monoisotopic (exact) mass is 209 g/mol. The van der Waals surface area contributed by atoms with Gasteiger partial charge in [-0.2, -0.15) is 0 Å². The van der Waals surface area contributed by atoms with Gasteiger partial charge in [-0.3, -0.25) is 4.98 Å². The van der Waals surface area contributed by atoms with Crippen LogP contribution in [0.4, 0.5) is 10.2 Å². The number of aryl methyl sites for hydroxylation is 1. The highest BCUT2D eigenvalue weighted by atomic mass is 32.1. The fourth-order valence-corrected chi connectivity index (χ4v) is 1.73. The molecule has 0 atom stereocenters. The lowest BCUT2D eigenvalue weighted by atomic mass is 10.2. The van der Waals surface area contributed by atoms with Gasteiger partial charge in [0.15, 0.2) is 0 Å². The standard InChI is InChI=1S/C9H8FN3S/c1-5-7(10)2-6(3-12-5)9-13-8(11)4-14-9/h2-4H,11H2,1H3. The summed E-state index contributed by atoms with van der Waals surface area (Å²) >= 11 is 1.37. The Bertz CT molecular complexity index is 467. The first-order valence-corrected chi connectivity index (χ1v) is 4.88. The van der Waals surface area contributed by atoms with Crippen molar-refractivity contribution in [3.05, 3.63) is 29.2 Å². The van der Waals surface area contributed by atoms with E-state index in [1.807, 2.05) is 0 Å². The van der Waals surface area contributed by atoms with Gasteiger partial charge in [0, 0.05) is 17.1 Å². The third-order valence-electron chi connectivity index (χ3n) is 1.79. The zero-order valence-corrected chi connectivity index (χ0v) is 8.31. The number of rotatable bonds is 1. The summed E-state index contributed by atoms with van der Waals surface area (Å²) in [5, 5.41) is 2.40. The lowest BCUT2D eigenvalue weighted by Gasteiger charge is -1.98. The van der Waals surface area contributed by atoms with Crippen LogP contribution in [-0.2, 0) is 0 Å². The smallest absolute Gasteiger partial charge is 0.145 e. The third-order valence-corrected chi connectivity index (χ3v) is 2.70. The van der Waals surface area contributed by atoms with Crippen LogP contribution in [0, 0.1) is 12.7 Å². The molecule has 0 aliphatic heterocycles. The topological polar surface area (TPSA) is 51.8 Å². The minimum atomic E-state index is -0.323. The highest BCUT2D eigenvalue weighted by molar-refractivity contribution is 7.13. The van der Waals surface area contributed by atoms with E-state index in [9.17, 15) is 4.39 Å². The van der Waals surface area contributed by atoms with Crippen molar-refractivity contribution in [3.63, 3.8) is 0 Å². The summed E-state index contributed by atoms with van der Waals surface area (Å²) in [5.41, 5.74) is 6.52. The summed E-state index contributed by atoms with van der Waals surface area (Å²) in [4.78, 5) is 7.96. The molecule has 2 aromatic rings. The molecule has 0 amide bonds. The van der Waals surface area contributed by atoms with Crippen molar-refractivity contribution in [3.8, 4) is 10.6 Å². The molecule has 0 fully saturated rings. The van der Waals surface area contributed by atoms with E-state index in [0.717, 1.165) is 0 Å². The molecule has 0 aliphatic carbocycles. The second kappa shape index (κ2) is 3.34. The van der Waals surface area contributed by atoms with Gasteiger partial charge in [0.1, 0.15) is 16.6 Å². The molecule has 5 heteroatoms. The van der Waals surface area contributed by atoms with Gasteiger partial charge in [0.25, 0.3) is 0 Å². The van der Waals surface area contributed by atoms with Crippen molar-refractivity contribution in [2.75, 3.05) is 5.73 Å². The van der Waals surface area contributed by atoms with Crippen LogP contribution < -0.4 is 5.73 Å². The van der Waals surface area contributed by atoms with Crippen LogP contribution in [0.2, 0.25) is 0 Å². The van der Waals surface area contributed by atoms with Crippen LogP contribution in [0.1, 0.15) is 5.69 Å². The Morgan fingerprint density at radius 2 is 2.29 bits per heavy atom. The summed E-state index contributed by atoms with van der Waals surface area (Å²) in [6.45, 7) is 1.62. The van der Waals surface area contributed by atoms with Gasteiger partial charge >= 0.3 is 0 Å². The normalized spacial score (nSPS) is 10.4. The Morgan fingerprint density at radius 3 is 2.86 bits per heavy atom. The number of hydrogen-bond acceptors (Lipinski definition) is 4. The lowest BCUT2D eigenvalue weighted by Crippen LogP contribution is -1.89. The van der Waals surface area contributed by atoms with Crippen LogP contribution in [0.5, 0.6) is 0 Å². The molecule has 2 N–H and O–H groups in total. The molecule has 2 rings (SSSR count). The summed E-state index contributed by atoms with van der Waals surface area (Å²) in [6, 6.07) is 1.42. The number of anilines is 1. The first-order valence-electron chi connectivity index (χ1n) is 4.00. The minimum absolute atomic E-state index is 0.323. The van der Waals surface area contributed by atoms with E-state index in [4.69, 9.17) is 5.73 Å². The predicted octanol–water partition coefficient (Wildman–Crippen LogP) is 2.23. The Balaban J connectivity index is 2.47. The van der Waals surface area contributed by atoms with Crippen LogP contribution in [0.3, 0.4) is 0 Å². The van der Waals surface area contributed by atoms with Crippen molar-refractivity contribution in [1.82, 2.24) is 9.97 Å². The van der Waals surface area contributed by atoms with Crippen molar-refractivity contribution in [2.24, 2.45) is 0 Å². The second-order valence-electron chi connectivity index (χ2n) is 2.87. The number of halogens is 1. The quantitative estimate of drug-likeness (QED) is 0.783. The van der Waals surface area contributed by atoms with Crippen LogP contribution in [0.15, 0.2) is 17.6 Å². The molecule has 0 spiro atoms. The Labute approximate surface area is 84.4 Å². The van der Waals surface area contributed by atoms with Gasteiger partial charge < -0.3 is 5.73 Å². The maximum Gasteiger partial charge on any atom is 0.145 e. The van der Waals surface area contributed by atoms with E-state index in [2.05, 4.69) is 9.97 Å². The molecule has 0 aliphatic rings. The first-order chi connectivity index (χ1) is 6.66. The molecule has 2 heterocycles. The van der Waals surface area contributed by atoms with Gasteiger partial charge in [0.2, 0.25) is 0 Å². The number of nitrogens with two attached hydrogens (primary N) is 1. The fourth-order valence-electron chi connectivity index (χ4n) is 1.04. The molecular weight excluding hydrogens is 201 g/mol. The van der Waals surface area contributed by atoms with Crippen molar-refractivity contribution in [1.29, 1.82) is 0 Å². The molecule has 0 saturated heterocycles. The van der Waals surface area contributed by atoms with Crippen molar-refractivity contribution < 1.29 is 4.39 Å². The molecule has 0 saturated carbocycles. The number of hydrogen-bond donors (Lipinski definition) is 1. The highest BCUT2D eigenvalue weighted by Crippen LogP contribution is 2.24. The molecule has 0 unspecified atom stereocenters. The number of nitrogens with zero attached hydrogens (tertiary/aromatic N) is 2. The zero-order valence-electron chi connectivity index (χ0n) is 7.49. The number of thiazole rings is 1. The molecule has 72 valence electrons. The van der Waals surface area contributed by atoms with E-state index in [1.54, 1.807) is 18.5 Å². The first kappa shape index (κ1) is 9.08. The molecule has 0 bridgehead atoms. The second-order valence-corrected chi connectivity index (χ2v) is 3.73. The van der Waals surface area contributed by atoms with Crippen LogP contribution in [0.25, 0.3) is 10.6 Å². The van der Waals surface area contributed by atoms with Crippen LogP contribution >= 0.6 is 11.3 Å². The number of pyridine rings is 1. The van der Waals surface area contributed by atoms with E-state index in [0.29, 0.717) is 22.1 Å². The Hall–Kier alpha value is -1.49. The zero-order chi connectivity index (χ0) is 10.1. The molecule has 0 radical (unpaired) electrons. The average molecular weight is 209 g/mol. The van der Waals surface area contributed by atoms with Crippen molar-refractivity contribution >= 4 is 17.2 Å². The minimum Gasteiger partial charge on any atom is -0.383 e. The molecular formula is C9H8FN3S. The van der Waals surface area contributed by atoms with Gasteiger partial charge in [-0.1, -0.05) is 0 Å². The molecule has 2 aromatic heterocycles. The van der Waals surface area contributed by atoms with Crippen LogP contribution in [-0.4, -0.2) is 9.97 Å². The van der Waals surface area contributed by atoms with Gasteiger partial charge in [-0.15, -0.1) is 11.3 Å². The lowest BCUT2D eigenvalue weighted by molar-refractivity contribution is 0.610.